The van der Waals surface area contributed by atoms with Gasteiger partial charge in [-0.15, -0.1) is 0 Å². The molecule has 0 amide bonds. The molecule has 0 radical (unpaired) electrons. The molecule has 3 spiro atoms. The quantitative estimate of drug-likeness (QED) is 0.505. The molecular weight excluding hydrogens is 422 g/mol. The van der Waals surface area contributed by atoms with Gasteiger partial charge in [0.2, 0.25) is 0 Å². The van der Waals surface area contributed by atoms with Crippen LogP contribution < -0.4 is 9.47 Å². The van der Waals surface area contributed by atoms with E-state index in [2.05, 4.69) is 53.4 Å². The molecule has 0 aromatic heterocycles. The minimum absolute atomic E-state index is 0.0256. The third kappa shape index (κ3) is 1.56. The second kappa shape index (κ2) is 5.46. The van der Waals surface area contributed by atoms with Gasteiger partial charge in [0, 0.05) is 29.5 Å². The molecule has 2 aliphatic heterocycles. The number of methoxy groups -OCH3 is 1. The van der Waals surface area contributed by atoms with E-state index in [4.69, 9.17) is 9.47 Å². The number of piperidine rings is 1. The van der Waals surface area contributed by atoms with E-state index in [1.165, 1.54) is 47.9 Å². The Morgan fingerprint density at radius 1 is 1.18 bits per heavy atom. The molecule has 172 valence electrons. The number of nitrogens with zero attached hydrogens (tertiary/aromatic N) is 1. The smallest absolute Gasteiger partial charge is 0.166 e. The summed E-state index contributed by atoms with van der Waals surface area (Å²) in [6.45, 7) is 2.34. The fourth-order valence-electron chi connectivity index (χ4n) is 10.1. The van der Waals surface area contributed by atoms with Crippen LogP contribution in [0.4, 0.5) is 0 Å². The Bertz CT molecular complexity index is 1330. The Labute approximate surface area is 199 Å². The number of rotatable bonds is 5. The maximum atomic E-state index is 12.9. The Morgan fingerprint density at radius 3 is 2.79 bits per heavy atom. The van der Waals surface area contributed by atoms with E-state index in [1.54, 1.807) is 7.11 Å². The number of ether oxygens (including phenoxy) is 2. The number of hydrogen-bond acceptors (Lipinski definition) is 4. The lowest BCUT2D eigenvalue weighted by Crippen LogP contribution is -2.73. The average molecular weight is 452 g/mol. The zero-order valence-electron chi connectivity index (χ0n) is 19.5. The standard InChI is InChI=1S/C30H29NO3/c1-33-22-10-9-19-13-24-27-14-21(17-32)29(20-5-3-2-4-6-20)23(15-27)30(29)28(27,25(19)26(22)34-30)11-12-31(24)16-18-7-8-18/h2-6,9-10,15,17-18,21,24H,7-8,11-14,16H2,1H3. The Kier molecular flexibility index (Phi) is 3.00. The number of aldehydes is 1. The predicted octanol–water partition coefficient (Wildman–Crippen LogP) is 4.20. The number of hydrogen-bond donors (Lipinski definition) is 0. The molecule has 8 aliphatic rings. The Balaban J connectivity index is 1.37. The highest BCUT2D eigenvalue weighted by Crippen LogP contribution is 2.92. The van der Waals surface area contributed by atoms with Crippen LogP contribution in [0.15, 0.2) is 54.1 Å². The second-order valence-electron chi connectivity index (χ2n) is 11.9. The molecule has 4 heteroatoms. The highest BCUT2D eigenvalue weighted by molar-refractivity contribution is 5.86. The van der Waals surface area contributed by atoms with Crippen molar-refractivity contribution in [2.45, 2.75) is 54.6 Å². The molecule has 10 rings (SSSR count). The molecule has 2 aromatic carbocycles. The molecule has 3 saturated carbocycles. The van der Waals surface area contributed by atoms with Gasteiger partial charge in [0.05, 0.1) is 17.9 Å². The van der Waals surface area contributed by atoms with Crippen LogP contribution in [-0.4, -0.2) is 43.0 Å². The van der Waals surface area contributed by atoms with Crippen molar-refractivity contribution in [3.05, 3.63) is 70.8 Å². The second-order valence-corrected chi connectivity index (χ2v) is 11.9. The van der Waals surface area contributed by atoms with Crippen molar-refractivity contribution in [1.82, 2.24) is 4.90 Å². The Hall–Kier alpha value is -2.59. The van der Waals surface area contributed by atoms with Gasteiger partial charge in [-0.2, -0.15) is 0 Å². The van der Waals surface area contributed by atoms with Gasteiger partial charge in [0.15, 0.2) is 17.1 Å². The van der Waals surface area contributed by atoms with Crippen molar-refractivity contribution in [3.63, 3.8) is 0 Å². The van der Waals surface area contributed by atoms with Crippen molar-refractivity contribution in [2.75, 3.05) is 20.2 Å². The van der Waals surface area contributed by atoms with Gasteiger partial charge in [0.25, 0.3) is 0 Å². The van der Waals surface area contributed by atoms with Gasteiger partial charge in [0.1, 0.15) is 6.29 Å². The molecular formula is C30H29NO3. The van der Waals surface area contributed by atoms with E-state index in [1.807, 2.05) is 0 Å². The zero-order valence-corrected chi connectivity index (χ0v) is 19.5. The maximum Gasteiger partial charge on any atom is 0.166 e. The van der Waals surface area contributed by atoms with Crippen LogP contribution in [0.25, 0.3) is 0 Å². The van der Waals surface area contributed by atoms with Crippen LogP contribution in [0, 0.1) is 17.3 Å². The molecule has 6 atom stereocenters. The van der Waals surface area contributed by atoms with Gasteiger partial charge in [-0.1, -0.05) is 42.5 Å². The van der Waals surface area contributed by atoms with E-state index >= 15 is 0 Å². The average Bonchev–Trinajstić information content (AvgIpc) is 3.73. The van der Waals surface area contributed by atoms with Crippen molar-refractivity contribution in [3.8, 4) is 11.5 Å². The first-order chi connectivity index (χ1) is 16.7. The predicted molar refractivity (Wildman–Crippen MR) is 127 cm³/mol. The van der Waals surface area contributed by atoms with Gasteiger partial charge in [-0.05, 0) is 67.3 Å². The summed E-state index contributed by atoms with van der Waals surface area (Å²) < 4.78 is 13.1. The largest absolute Gasteiger partial charge is 0.493 e. The third-order valence-electron chi connectivity index (χ3n) is 11.1. The molecule has 4 fully saturated rings. The summed E-state index contributed by atoms with van der Waals surface area (Å²) in [5, 5.41) is 0. The van der Waals surface area contributed by atoms with Gasteiger partial charge in [-0.25, -0.2) is 0 Å². The summed E-state index contributed by atoms with van der Waals surface area (Å²) in [6, 6.07) is 15.6. The summed E-state index contributed by atoms with van der Waals surface area (Å²) in [5.74, 6) is 2.63. The Morgan fingerprint density at radius 2 is 2.03 bits per heavy atom. The number of benzene rings is 2. The van der Waals surface area contributed by atoms with E-state index < -0.39 is 5.60 Å². The van der Waals surface area contributed by atoms with Crippen LogP contribution in [-0.2, 0) is 22.0 Å². The fraction of sp³-hybridized carbons (Fsp3) is 0.500. The normalized spacial score (nSPS) is 43.6. The summed E-state index contributed by atoms with van der Waals surface area (Å²) in [4.78, 5) is 15.7. The fourth-order valence-corrected chi connectivity index (χ4v) is 10.1. The molecule has 34 heavy (non-hydrogen) atoms. The number of carbonyl (C=O) groups is 1. The lowest BCUT2D eigenvalue weighted by Gasteiger charge is -2.66. The molecule has 6 unspecified atom stereocenters. The molecule has 2 heterocycles. The zero-order chi connectivity index (χ0) is 22.5. The maximum absolute atomic E-state index is 12.9. The summed E-state index contributed by atoms with van der Waals surface area (Å²) >= 11 is 0. The van der Waals surface area contributed by atoms with E-state index in [0.29, 0.717) is 6.04 Å². The first-order valence-electron chi connectivity index (χ1n) is 13.1. The van der Waals surface area contributed by atoms with Crippen molar-refractivity contribution in [2.24, 2.45) is 17.3 Å². The third-order valence-corrected chi connectivity index (χ3v) is 11.1. The van der Waals surface area contributed by atoms with Crippen LogP contribution in [0.3, 0.4) is 0 Å². The van der Waals surface area contributed by atoms with Crippen molar-refractivity contribution >= 4 is 6.29 Å². The lowest BCUT2D eigenvalue weighted by molar-refractivity contribution is -0.135. The SMILES string of the molecule is COc1ccc2c3c1OC14C5=CC6(CC(C=O)C51c1ccccc1)C(C2)N(CC1CC1)CCC364. The molecule has 6 bridgehead atoms. The van der Waals surface area contributed by atoms with Crippen LogP contribution >= 0.6 is 0 Å². The number of likely N-dealkylation sites (tertiary alicyclic amines) is 1. The molecule has 0 N–H and O–H groups in total. The van der Waals surface area contributed by atoms with Gasteiger partial charge < -0.3 is 14.3 Å². The molecule has 6 aliphatic carbocycles. The van der Waals surface area contributed by atoms with Crippen LogP contribution in [0.2, 0.25) is 0 Å². The minimum atomic E-state index is -0.443. The van der Waals surface area contributed by atoms with Crippen molar-refractivity contribution in [1.29, 1.82) is 0 Å². The van der Waals surface area contributed by atoms with E-state index in [-0.39, 0.29) is 22.2 Å². The summed E-state index contributed by atoms with van der Waals surface area (Å²) in [7, 11) is 1.75. The van der Waals surface area contributed by atoms with Crippen molar-refractivity contribution < 1.29 is 14.3 Å². The highest BCUT2D eigenvalue weighted by Gasteiger charge is 2.98. The topological polar surface area (TPSA) is 38.8 Å². The summed E-state index contributed by atoms with van der Waals surface area (Å²) in [5.41, 5.74) is 4.59. The molecule has 1 saturated heterocycles. The van der Waals surface area contributed by atoms with E-state index in [0.717, 1.165) is 43.2 Å². The first-order valence-corrected chi connectivity index (χ1v) is 13.1. The molecule has 2 aromatic rings. The number of carbonyl (C=O) groups excluding carboxylic acids is 1. The first kappa shape index (κ1) is 18.7. The number of fused-ring (bicyclic) bond motifs is 1. The lowest BCUT2D eigenvalue weighted by atomic mass is 9.40. The monoisotopic (exact) mass is 451 g/mol. The van der Waals surface area contributed by atoms with Gasteiger partial charge >= 0.3 is 0 Å². The van der Waals surface area contributed by atoms with Crippen LogP contribution in [0.1, 0.15) is 42.4 Å². The minimum Gasteiger partial charge on any atom is -0.493 e. The molecule has 4 nitrogen and oxygen atoms in total. The van der Waals surface area contributed by atoms with E-state index in [9.17, 15) is 4.79 Å². The highest BCUT2D eigenvalue weighted by atomic mass is 16.5. The summed E-state index contributed by atoms with van der Waals surface area (Å²) in [6.07, 6.45) is 9.75. The van der Waals surface area contributed by atoms with Crippen LogP contribution in [0.5, 0.6) is 11.5 Å². The van der Waals surface area contributed by atoms with Gasteiger partial charge in [-0.3, -0.25) is 4.90 Å².